The Kier molecular flexibility index (Phi) is 127. The number of nitrogens with one attached hydrogen (secondary N) is 1. The van der Waals surface area contributed by atoms with Crippen LogP contribution >= 0.6 is 0 Å². The fourth-order valence-electron chi connectivity index (χ4n) is 0. The molecule has 34 valence electrons. The summed E-state index contributed by atoms with van der Waals surface area (Å²) in [5, 5.41) is 2.75. The van der Waals surface area contributed by atoms with Crippen molar-refractivity contribution in [2.24, 2.45) is 0 Å². The first-order valence-corrected chi connectivity index (χ1v) is 1.71. The van der Waals surface area contributed by atoms with Gasteiger partial charge in [-0.1, -0.05) is 0 Å². The third-order valence-corrected chi connectivity index (χ3v) is 0. The van der Waals surface area contributed by atoms with Gasteiger partial charge in [-0.2, -0.15) is 6.92 Å². The second kappa shape index (κ2) is 47.6. The van der Waals surface area contributed by atoms with Crippen molar-refractivity contribution in [3.63, 3.8) is 0 Å². The molecule has 1 nitrogen and oxygen atoms in total. The van der Waals surface area contributed by atoms with Crippen LogP contribution in [0.15, 0.2) is 0 Å². The molecule has 0 aromatic heterocycles. The summed E-state index contributed by atoms with van der Waals surface area (Å²) in [7, 11) is 3.75. The van der Waals surface area contributed by atoms with Gasteiger partial charge in [0, 0.05) is 0 Å². The second-order valence-corrected chi connectivity index (χ2v) is 0.500. The topological polar surface area (TPSA) is 12.0 Å². The molecule has 0 heterocycles. The van der Waals surface area contributed by atoms with Crippen molar-refractivity contribution in [1.82, 2.24) is 5.32 Å². The van der Waals surface area contributed by atoms with Gasteiger partial charge < -0.3 is 12.2 Å². The van der Waals surface area contributed by atoms with Crippen molar-refractivity contribution in [2.45, 2.75) is 6.92 Å². The summed E-state index contributed by atoms with van der Waals surface area (Å²) in [6.45, 7) is 5.00. The summed E-state index contributed by atoms with van der Waals surface area (Å²) in [4.78, 5) is 0. The van der Waals surface area contributed by atoms with Crippen LogP contribution in [0, 0.1) is 6.92 Å². The van der Waals surface area contributed by atoms with Crippen molar-refractivity contribution in [1.29, 1.82) is 0 Å². The van der Waals surface area contributed by atoms with E-state index in [1.54, 1.807) is 6.92 Å². The Morgan fingerprint density at radius 1 is 1.17 bits per heavy atom. The van der Waals surface area contributed by atoms with Crippen molar-refractivity contribution in [3.05, 3.63) is 6.92 Å². The molecule has 6 heavy (non-hydrogen) atoms. The third kappa shape index (κ3) is 186. The summed E-state index contributed by atoms with van der Waals surface area (Å²) in [5.41, 5.74) is 0. The maximum absolute atomic E-state index is 3.25. The van der Waals surface area contributed by atoms with E-state index < -0.39 is 0 Å². The van der Waals surface area contributed by atoms with E-state index in [0.29, 0.717) is 0 Å². The molecule has 0 radical (unpaired) electrons. The van der Waals surface area contributed by atoms with Gasteiger partial charge in [-0.15, -0.1) is 0 Å². The van der Waals surface area contributed by atoms with Gasteiger partial charge in [0.15, 0.2) is 0 Å². The minimum Gasteiger partial charge on any atom is -0.346 e. The molecule has 0 aliphatic heterocycles. The molecule has 0 unspecified atom stereocenters. The van der Waals surface area contributed by atoms with E-state index >= 15 is 0 Å². The molecule has 0 amide bonds. The Bertz CT molecular complexity index is 7.51. The van der Waals surface area contributed by atoms with Crippen LogP contribution in [0.5, 0.6) is 0 Å². The van der Waals surface area contributed by atoms with Crippen LogP contribution in [0.3, 0.4) is 0 Å². The predicted octanol–water partition coefficient (Wildman–Crippen LogP) is -2.32. The first kappa shape index (κ1) is 16.0. The van der Waals surface area contributed by atoms with E-state index in [2.05, 4.69) is 12.2 Å². The SMILES string of the molecule is CNC.[CH2-]C.[Li+]. The van der Waals surface area contributed by atoms with E-state index in [1.165, 1.54) is 0 Å². The van der Waals surface area contributed by atoms with Crippen LogP contribution in [0.4, 0.5) is 0 Å². The van der Waals surface area contributed by atoms with Crippen molar-refractivity contribution >= 4 is 0 Å². The summed E-state index contributed by atoms with van der Waals surface area (Å²) in [6, 6.07) is 0. The zero-order chi connectivity index (χ0) is 4.71. The molecule has 0 rings (SSSR count). The van der Waals surface area contributed by atoms with Gasteiger partial charge in [0.25, 0.3) is 0 Å². The zero-order valence-corrected chi connectivity index (χ0v) is 5.21. The number of hydrogen-bond acceptors (Lipinski definition) is 1. The fraction of sp³-hybridized carbons (Fsp3) is 0.750. The average Bonchev–Trinajstić information content (AvgIpc) is 1.46. The van der Waals surface area contributed by atoms with Crippen molar-refractivity contribution < 1.29 is 18.9 Å². The maximum Gasteiger partial charge on any atom is 1.00 e. The summed E-state index contributed by atoms with van der Waals surface area (Å²) >= 11 is 0. The number of hydrogen-bond donors (Lipinski definition) is 1. The first-order valence-electron chi connectivity index (χ1n) is 1.71. The van der Waals surface area contributed by atoms with Crippen LogP contribution in [-0.4, -0.2) is 14.1 Å². The fourth-order valence-corrected chi connectivity index (χ4v) is 0. The van der Waals surface area contributed by atoms with Gasteiger partial charge in [0.1, 0.15) is 0 Å². The van der Waals surface area contributed by atoms with Crippen LogP contribution < -0.4 is 24.2 Å². The molecule has 0 aromatic rings. The molecule has 0 aromatic carbocycles. The zero-order valence-electron chi connectivity index (χ0n) is 5.21. The molecule has 0 atom stereocenters. The third-order valence-electron chi connectivity index (χ3n) is 0. The molecule has 2 heteroatoms. The molecule has 0 aliphatic rings. The Labute approximate surface area is 52.7 Å². The molecule has 0 saturated heterocycles. The van der Waals surface area contributed by atoms with Crippen LogP contribution in [0.2, 0.25) is 0 Å². The molecular formula is C4H12LiN. The van der Waals surface area contributed by atoms with Gasteiger partial charge in [-0.25, -0.2) is 0 Å². The minimum absolute atomic E-state index is 0. The minimum atomic E-state index is 0. The monoisotopic (exact) mass is 81.1 g/mol. The smallest absolute Gasteiger partial charge is 0.346 e. The van der Waals surface area contributed by atoms with Gasteiger partial charge >= 0.3 is 18.9 Å². The number of rotatable bonds is 0. The van der Waals surface area contributed by atoms with Crippen molar-refractivity contribution in [3.8, 4) is 0 Å². The Balaban J connectivity index is -0.0000000275. The molecule has 0 bridgehead atoms. The quantitative estimate of drug-likeness (QED) is 0.255. The van der Waals surface area contributed by atoms with Crippen molar-refractivity contribution in [2.75, 3.05) is 14.1 Å². The molecule has 1 N–H and O–H groups in total. The summed E-state index contributed by atoms with van der Waals surface area (Å²) < 4.78 is 0. The predicted molar refractivity (Wildman–Crippen MR) is 26.0 cm³/mol. The molecule has 0 fully saturated rings. The Hall–Kier alpha value is 0.557. The summed E-state index contributed by atoms with van der Waals surface area (Å²) in [6.07, 6.45) is 0. The standard InChI is InChI=1S/C2H7N.C2H5.Li/c1-3-2;1-2;/h3H,1-2H3;1H2,2H3;/q;-1;+1. The normalized spacial score (nSPS) is 4.00. The van der Waals surface area contributed by atoms with Crippen LogP contribution in [0.25, 0.3) is 0 Å². The van der Waals surface area contributed by atoms with E-state index in [4.69, 9.17) is 0 Å². The largest absolute Gasteiger partial charge is 1.00 e. The van der Waals surface area contributed by atoms with Gasteiger partial charge in [0.2, 0.25) is 0 Å². The van der Waals surface area contributed by atoms with Gasteiger partial charge in [-0.05, 0) is 14.1 Å². The Morgan fingerprint density at radius 2 is 1.17 bits per heavy atom. The van der Waals surface area contributed by atoms with E-state index in [9.17, 15) is 0 Å². The maximum atomic E-state index is 3.25. The molecule has 0 aliphatic carbocycles. The van der Waals surface area contributed by atoms with Gasteiger partial charge in [-0.3, -0.25) is 0 Å². The van der Waals surface area contributed by atoms with Crippen LogP contribution in [-0.2, 0) is 0 Å². The first-order chi connectivity index (χ1) is 2.41. The van der Waals surface area contributed by atoms with E-state index in [1.807, 2.05) is 14.1 Å². The molecular weight excluding hydrogens is 69.0 g/mol. The average molecular weight is 81.1 g/mol. The van der Waals surface area contributed by atoms with E-state index in [-0.39, 0.29) is 18.9 Å². The second-order valence-electron chi connectivity index (χ2n) is 0.500. The van der Waals surface area contributed by atoms with Crippen LogP contribution in [0.1, 0.15) is 6.92 Å². The molecule has 0 saturated carbocycles. The summed E-state index contributed by atoms with van der Waals surface area (Å²) in [5.74, 6) is 0. The Morgan fingerprint density at radius 3 is 1.17 bits per heavy atom. The van der Waals surface area contributed by atoms with E-state index in [0.717, 1.165) is 0 Å². The molecule has 0 spiro atoms. The van der Waals surface area contributed by atoms with Gasteiger partial charge in [0.05, 0.1) is 0 Å².